The second kappa shape index (κ2) is 9.15. The molecule has 1 unspecified atom stereocenters. The van der Waals surface area contributed by atoms with Gasteiger partial charge in [-0.1, -0.05) is 52.0 Å². The molecule has 0 aliphatic carbocycles. The molecule has 0 amide bonds. The molecule has 0 aliphatic heterocycles. The summed E-state index contributed by atoms with van der Waals surface area (Å²) in [5, 5.41) is 3.46. The topological polar surface area (TPSA) is 15.3 Å². The lowest BCUT2D eigenvalue weighted by Gasteiger charge is -2.27. The van der Waals surface area contributed by atoms with Crippen LogP contribution in [0.2, 0.25) is 0 Å². The molecule has 0 aromatic heterocycles. The van der Waals surface area contributed by atoms with Crippen LogP contribution < -0.4 is 5.32 Å². The third kappa shape index (κ3) is 6.06. The van der Waals surface area contributed by atoms with Crippen LogP contribution in [0.5, 0.6) is 0 Å². The van der Waals surface area contributed by atoms with Crippen molar-refractivity contribution in [2.75, 3.05) is 13.1 Å². The van der Waals surface area contributed by atoms with E-state index in [2.05, 4.69) is 69.1 Å². The van der Waals surface area contributed by atoms with Gasteiger partial charge in [0.15, 0.2) is 0 Å². The quantitative estimate of drug-likeness (QED) is 0.737. The molecule has 0 heterocycles. The highest BCUT2D eigenvalue weighted by atomic mass is 15.1. The predicted octanol–water partition coefficient (Wildman–Crippen LogP) is 3.85. The number of nitrogens with one attached hydrogen (secondary N) is 1. The molecule has 0 radical (unpaired) electrons. The van der Waals surface area contributed by atoms with Gasteiger partial charge >= 0.3 is 0 Å². The summed E-state index contributed by atoms with van der Waals surface area (Å²) in [6.45, 7) is 14.5. The van der Waals surface area contributed by atoms with Gasteiger partial charge in [0.05, 0.1) is 0 Å². The summed E-state index contributed by atoms with van der Waals surface area (Å²) in [6, 6.07) is 10.4. The molecule has 1 N–H and O–H groups in total. The summed E-state index contributed by atoms with van der Waals surface area (Å²) in [6.07, 6.45) is 2.33. The first-order chi connectivity index (χ1) is 9.56. The van der Waals surface area contributed by atoms with Gasteiger partial charge < -0.3 is 5.32 Å². The second-order valence-corrected chi connectivity index (χ2v) is 6.00. The van der Waals surface area contributed by atoms with Gasteiger partial charge in [-0.15, -0.1) is 0 Å². The Morgan fingerprint density at radius 3 is 2.10 bits per heavy atom. The van der Waals surface area contributed by atoms with Crippen LogP contribution in [0.25, 0.3) is 0 Å². The van der Waals surface area contributed by atoms with Crippen molar-refractivity contribution in [1.82, 2.24) is 10.2 Å². The Kier molecular flexibility index (Phi) is 7.86. The highest BCUT2D eigenvalue weighted by Gasteiger charge is 2.10. The van der Waals surface area contributed by atoms with E-state index in [1.54, 1.807) is 0 Å². The number of benzene rings is 1. The van der Waals surface area contributed by atoms with Gasteiger partial charge in [-0.2, -0.15) is 0 Å². The van der Waals surface area contributed by atoms with Gasteiger partial charge in [0.1, 0.15) is 0 Å². The minimum atomic E-state index is 0.572. The Bertz CT molecular complexity index is 356. The smallest absolute Gasteiger partial charge is 0.0236 e. The molecule has 0 fully saturated rings. The fraction of sp³-hybridized carbons (Fsp3) is 0.667. The van der Waals surface area contributed by atoms with Crippen molar-refractivity contribution in [3.05, 3.63) is 35.4 Å². The minimum Gasteiger partial charge on any atom is -0.314 e. The highest BCUT2D eigenvalue weighted by Crippen LogP contribution is 2.11. The van der Waals surface area contributed by atoms with Gasteiger partial charge in [-0.05, 0) is 44.0 Å². The molecule has 0 bridgehead atoms. The van der Waals surface area contributed by atoms with Crippen LogP contribution >= 0.6 is 0 Å². The van der Waals surface area contributed by atoms with Crippen LogP contribution in [-0.4, -0.2) is 30.1 Å². The van der Waals surface area contributed by atoms with Gasteiger partial charge in [0, 0.05) is 18.6 Å². The van der Waals surface area contributed by atoms with Gasteiger partial charge in [0.2, 0.25) is 0 Å². The maximum absolute atomic E-state index is 3.46. The van der Waals surface area contributed by atoms with Crippen LogP contribution in [0.15, 0.2) is 24.3 Å². The third-order valence-corrected chi connectivity index (χ3v) is 4.00. The molecule has 0 aliphatic rings. The summed E-state index contributed by atoms with van der Waals surface area (Å²) >= 11 is 0. The largest absolute Gasteiger partial charge is 0.314 e. The monoisotopic (exact) mass is 276 g/mol. The lowest BCUT2D eigenvalue weighted by Crippen LogP contribution is -2.31. The summed E-state index contributed by atoms with van der Waals surface area (Å²) in [4.78, 5) is 2.54. The molecule has 2 heteroatoms. The van der Waals surface area contributed by atoms with Gasteiger partial charge in [0.25, 0.3) is 0 Å². The Morgan fingerprint density at radius 1 is 1.00 bits per heavy atom. The van der Waals surface area contributed by atoms with Gasteiger partial charge in [-0.25, -0.2) is 0 Å². The van der Waals surface area contributed by atoms with E-state index in [4.69, 9.17) is 0 Å². The molecule has 0 spiro atoms. The van der Waals surface area contributed by atoms with Crippen molar-refractivity contribution < 1.29 is 0 Å². The van der Waals surface area contributed by atoms with E-state index >= 15 is 0 Å². The van der Waals surface area contributed by atoms with Crippen molar-refractivity contribution in [1.29, 1.82) is 0 Å². The highest BCUT2D eigenvalue weighted by molar-refractivity contribution is 5.22. The van der Waals surface area contributed by atoms with Crippen molar-refractivity contribution in [2.45, 2.75) is 66.1 Å². The van der Waals surface area contributed by atoms with Crippen molar-refractivity contribution >= 4 is 0 Å². The lowest BCUT2D eigenvalue weighted by atomic mass is 10.1. The number of hydrogen-bond acceptors (Lipinski definition) is 2. The molecular formula is C18H32N2. The maximum Gasteiger partial charge on any atom is 0.0236 e. The predicted molar refractivity (Wildman–Crippen MR) is 89.1 cm³/mol. The molecular weight excluding hydrogens is 244 g/mol. The normalized spacial score (nSPS) is 13.2. The average Bonchev–Trinajstić information content (AvgIpc) is 2.45. The Labute approximate surface area is 125 Å². The van der Waals surface area contributed by atoms with Crippen LogP contribution in [0.3, 0.4) is 0 Å². The molecule has 0 saturated carbocycles. The summed E-state index contributed by atoms with van der Waals surface area (Å²) < 4.78 is 0. The lowest BCUT2D eigenvalue weighted by molar-refractivity contribution is 0.206. The van der Waals surface area contributed by atoms with E-state index in [9.17, 15) is 0 Å². The Hall–Kier alpha value is -0.860. The van der Waals surface area contributed by atoms with Crippen LogP contribution in [0.1, 0.15) is 52.2 Å². The Morgan fingerprint density at radius 2 is 1.60 bits per heavy atom. The molecule has 20 heavy (non-hydrogen) atoms. The first-order valence-corrected chi connectivity index (χ1v) is 8.12. The summed E-state index contributed by atoms with van der Waals surface area (Å²) in [5.74, 6) is 0. The van der Waals surface area contributed by atoms with E-state index in [-0.39, 0.29) is 0 Å². The van der Waals surface area contributed by atoms with Crippen molar-refractivity contribution in [3.63, 3.8) is 0 Å². The van der Waals surface area contributed by atoms with E-state index in [1.165, 1.54) is 17.5 Å². The zero-order valence-corrected chi connectivity index (χ0v) is 13.9. The molecule has 1 aromatic rings. The first kappa shape index (κ1) is 17.2. The fourth-order valence-corrected chi connectivity index (χ4v) is 2.39. The van der Waals surface area contributed by atoms with Gasteiger partial charge in [-0.3, -0.25) is 4.90 Å². The molecule has 2 nitrogen and oxygen atoms in total. The van der Waals surface area contributed by atoms with E-state index in [0.717, 1.165) is 26.1 Å². The van der Waals surface area contributed by atoms with Crippen LogP contribution in [0.4, 0.5) is 0 Å². The van der Waals surface area contributed by atoms with Crippen LogP contribution in [0, 0.1) is 0 Å². The molecule has 114 valence electrons. The molecule has 1 atom stereocenters. The first-order valence-electron chi connectivity index (χ1n) is 8.12. The molecule has 0 saturated heterocycles. The summed E-state index contributed by atoms with van der Waals surface area (Å²) in [5.41, 5.74) is 2.85. The Balaban J connectivity index is 2.49. The van der Waals surface area contributed by atoms with Crippen molar-refractivity contribution in [3.8, 4) is 0 Å². The number of hydrogen-bond donors (Lipinski definition) is 1. The maximum atomic E-state index is 3.46. The van der Waals surface area contributed by atoms with E-state index in [0.29, 0.717) is 12.1 Å². The third-order valence-electron chi connectivity index (χ3n) is 4.00. The second-order valence-electron chi connectivity index (χ2n) is 6.00. The number of nitrogens with zero attached hydrogens (tertiary/aromatic N) is 1. The zero-order chi connectivity index (χ0) is 15.0. The fourth-order valence-electron chi connectivity index (χ4n) is 2.39. The SMILES string of the molecule is CCC(C)N(CC)Cc1ccc(CCNC(C)C)cc1. The van der Waals surface area contributed by atoms with Crippen molar-refractivity contribution in [2.24, 2.45) is 0 Å². The van der Waals surface area contributed by atoms with E-state index < -0.39 is 0 Å². The standard InChI is InChI=1S/C18H32N2/c1-6-16(5)20(7-2)14-18-10-8-17(9-11-18)12-13-19-15(3)4/h8-11,15-16,19H,6-7,12-14H2,1-5H3. The zero-order valence-electron chi connectivity index (χ0n) is 13.9. The van der Waals surface area contributed by atoms with Crippen LogP contribution in [-0.2, 0) is 13.0 Å². The average molecular weight is 276 g/mol. The molecule has 1 aromatic carbocycles. The number of rotatable bonds is 9. The minimum absolute atomic E-state index is 0.572. The molecule has 1 rings (SSSR count). The van der Waals surface area contributed by atoms with E-state index in [1.807, 2.05) is 0 Å². The summed E-state index contributed by atoms with van der Waals surface area (Å²) in [7, 11) is 0.